The lowest BCUT2D eigenvalue weighted by Crippen LogP contribution is -2.31. The third kappa shape index (κ3) is 2.10. The predicted octanol–water partition coefficient (Wildman–Crippen LogP) is 2.27. The Kier molecular flexibility index (Phi) is 3.13. The van der Waals surface area contributed by atoms with E-state index in [1.807, 2.05) is 0 Å². The molecule has 1 aromatic rings. The van der Waals surface area contributed by atoms with Gasteiger partial charge in [0.2, 0.25) is 5.95 Å². The first-order valence-electron chi connectivity index (χ1n) is 6.44. The molecule has 0 radical (unpaired) electrons. The zero-order valence-corrected chi connectivity index (χ0v) is 11.8. The van der Waals surface area contributed by atoms with E-state index in [1.54, 1.807) is 0 Å². The van der Waals surface area contributed by atoms with Crippen molar-refractivity contribution in [2.45, 2.75) is 31.7 Å². The SMILES string of the molecule is CN1CCCC(c2nc3n(c2Br)CCCN3)C1. The monoisotopic (exact) mass is 298 g/mol. The van der Waals surface area contributed by atoms with E-state index < -0.39 is 0 Å². The molecule has 1 unspecified atom stereocenters. The number of hydrogen-bond acceptors (Lipinski definition) is 3. The number of likely N-dealkylation sites (N-methyl/N-ethyl adjacent to an activating group) is 1. The first-order chi connectivity index (χ1) is 8.25. The molecule has 0 spiro atoms. The topological polar surface area (TPSA) is 33.1 Å². The molecule has 5 heteroatoms. The average Bonchev–Trinajstić information content (AvgIpc) is 2.68. The third-order valence-corrected chi connectivity index (χ3v) is 4.62. The summed E-state index contributed by atoms with van der Waals surface area (Å²) in [6.07, 6.45) is 3.73. The lowest BCUT2D eigenvalue weighted by molar-refractivity contribution is 0.248. The lowest BCUT2D eigenvalue weighted by atomic mass is 9.96. The highest BCUT2D eigenvalue weighted by Crippen LogP contribution is 2.34. The number of imidazole rings is 1. The minimum absolute atomic E-state index is 0.586. The van der Waals surface area contributed by atoms with Gasteiger partial charge in [-0.2, -0.15) is 0 Å². The van der Waals surface area contributed by atoms with Gasteiger partial charge >= 0.3 is 0 Å². The van der Waals surface area contributed by atoms with Gasteiger partial charge in [0.25, 0.3) is 0 Å². The Bertz CT molecular complexity index is 415. The molecule has 0 saturated carbocycles. The Morgan fingerprint density at radius 3 is 3.00 bits per heavy atom. The molecular weight excluding hydrogens is 280 g/mol. The smallest absolute Gasteiger partial charge is 0.203 e. The second-order valence-corrected chi connectivity index (χ2v) is 5.90. The quantitative estimate of drug-likeness (QED) is 0.863. The first-order valence-corrected chi connectivity index (χ1v) is 7.23. The van der Waals surface area contributed by atoms with Crippen LogP contribution in [0.1, 0.15) is 30.9 Å². The minimum Gasteiger partial charge on any atom is -0.356 e. The Hall–Kier alpha value is -0.550. The van der Waals surface area contributed by atoms with E-state index in [2.05, 4.69) is 37.8 Å². The van der Waals surface area contributed by atoms with E-state index >= 15 is 0 Å². The van der Waals surface area contributed by atoms with Crippen molar-refractivity contribution in [3.05, 3.63) is 10.3 Å². The average molecular weight is 299 g/mol. The second-order valence-electron chi connectivity index (χ2n) is 5.14. The number of nitrogens with zero attached hydrogens (tertiary/aromatic N) is 3. The Labute approximate surface area is 111 Å². The first kappa shape index (κ1) is 11.5. The molecule has 0 aromatic carbocycles. The van der Waals surface area contributed by atoms with E-state index in [0.29, 0.717) is 5.92 Å². The molecule has 2 aliphatic heterocycles. The molecular formula is C12H19BrN4. The highest BCUT2D eigenvalue weighted by Gasteiger charge is 2.26. The molecule has 0 amide bonds. The van der Waals surface area contributed by atoms with Gasteiger partial charge in [0.15, 0.2) is 0 Å². The van der Waals surface area contributed by atoms with Crippen LogP contribution in [0.4, 0.5) is 5.95 Å². The summed E-state index contributed by atoms with van der Waals surface area (Å²) in [7, 11) is 2.20. The number of rotatable bonds is 1. The molecule has 1 aromatic heterocycles. The molecule has 0 bridgehead atoms. The fraction of sp³-hybridized carbons (Fsp3) is 0.750. The van der Waals surface area contributed by atoms with Crippen LogP contribution in [0, 0.1) is 0 Å². The summed E-state index contributed by atoms with van der Waals surface area (Å²) in [5.41, 5.74) is 1.25. The van der Waals surface area contributed by atoms with Crippen LogP contribution in [0.2, 0.25) is 0 Å². The highest BCUT2D eigenvalue weighted by molar-refractivity contribution is 9.10. The maximum Gasteiger partial charge on any atom is 0.203 e. The van der Waals surface area contributed by atoms with Crippen LogP contribution in [0.5, 0.6) is 0 Å². The summed E-state index contributed by atoms with van der Waals surface area (Å²) in [6, 6.07) is 0. The third-order valence-electron chi connectivity index (χ3n) is 3.78. The van der Waals surface area contributed by atoms with E-state index in [-0.39, 0.29) is 0 Å². The normalized spacial score (nSPS) is 25.4. The van der Waals surface area contributed by atoms with Gasteiger partial charge in [-0.25, -0.2) is 4.98 Å². The molecule has 1 fully saturated rings. The Morgan fingerprint density at radius 1 is 1.35 bits per heavy atom. The predicted molar refractivity (Wildman–Crippen MR) is 72.5 cm³/mol. The van der Waals surface area contributed by atoms with Crippen LogP contribution in [-0.4, -0.2) is 41.1 Å². The molecule has 94 valence electrons. The number of halogens is 1. The Morgan fingerprint density at radius 2 is 2.24 bits per heavy atom. The summed E-state index contributed by atoms with van der Waals surface area (Å²) < 4.78 is 3.47. The molecule has 2 aliphatic rings. The summed E-state index contributed by atoms with van der Waals surface area (Å²) in [4.78, 5) is 7.20. The number of nitrogens with one attached hydrogen (secondary N) is 1. The highest BCUT2D eigenvalue weighted by atomic mass is 79.9. The van der Waals surface area contributed by atoms with Crippen molar-refractivity contribution in [3.8, 4) is 0 Å². The number of piperidine rings is 1. The van der Waals surface area contributed by atoms with Crippen LogP contribution in [0.3, 0.4) is 0 Å². The number of anilines is 1. The fourth-order valence-corrected chi connectivity index (χ4v) is 3.64. The van der Waals surface area contributed by atoms with Crippen LogP contribution in [-0.2, 0) is 6.54 Å². The van der Waals surface area contributed by atoms with Gasteiger partial charge in [-0.15, -0.1) is 0 Å². The molecule has 1 atom stereocenters. The standard InChI is InChI=1S/C12H19BrN4/c1-16-6-2-4-9(8-16)10-11(13)17-7-3-5-14-12(17)15-10/h9H,2-8H2,1H3,(H,14,15). The Balaban J connectivity index is 1.89. The van der Waals surface area contributed by atoms with E-state index in [0.717, 1.165) is 25.6 Å². The molecule has 3 heterocycles. The zero-order chi connectivity index (χ0) is 11.8. The summed E-state index contributed by atoms with van der Waals surface area (Å²) in [5.74, 6) is 1.63. The van der Waals surface area contributed by atoms with Crippen molar-refractivity contribution in [3.63, 3.8) is 0 Å². The van der Waals surface area contributed by atoms with Crippen molar-refractivity contribution >= 4 is 21.9 Å². The van der Waals surface area contributed by atoms with Gasteiger partial charge in [0.05, 0.1) is 5.69 Å². The van der Waals surface area contributed by atoms with Crippen LogP contribution in [0.15, 0.2) is 4.60 Å². The van der Waals surface area contributed by atoms with Gasteiger partial charge < -0.3 is 14.8 Å². The van der Waals surface area contributed by atoms with E-state index in [4.69, 9.17) is 4.98 Å². The molecule has 17 heavy (non-hydrogen) atoms. The molecule has 1 saturated heterocycles. The number of likely N-dealkylation sites (tertiary alicyclic amines) is 1. The maximum atomic E-state index is 4.79. The summed E-state index contributed by atoms with van der Waals surface area (Å²) >= 11 is 3.73. The number of hydrogen-bond donors (Lipinski definition) is 1. The molecule has 3 rings (SSSR count). The molecule has 0 aliphatic carbocycles. The molecule has 1 N–H and O–H groups in total. The zero-order valence-electron chi connectivity index (χ0n) is 10.2. The van der Waals surface area contributed by atoms with Gasteiger partial charge in [-0.3, -0.25) is 0 Å². The van der Waals surface area contributed by atoms with Crippen molar-refractivity contribution in [1.82, 2.24) is 14.5 Å². The second kappa shape index (κ2) is 4.61. The number of fused-ring (bicyclic) bond motifs is 1. The van der Waals surface area contributed by atoms with Crippen molar-refractivity contribution in [2.75, 3.05) is 32.0 Å². The van der Waals surface area contributed by atoms with Crippen molar-refractivity contribution in [2.24, 2.45) is 0 Å². The maximum absolute atomic E-state index is 4.79. The molecule has 4 nitrogen and oxygen atoms in total. The van der Waals surface area contributed by atoms with Crippen LogP contribution < -0.4 is 5.32 Å². The van der Waals surface area contributed by atoms with E-state index in [1.165, 1.54) is 36.1 Å². The van der Waals surface area contributed by atoms with Crippen molar-refractivity contribution in [1.29, 1.82) is 0 Å². The van der Waals surface area contributed by atoms with Crippen molar-refractivity contribution < 1.29 is 0 Å². The van der Waals surface area contributed by atoms with Crippen LogP contribution in [0.25, 0.3) is 0 Å². The van der Waals surface area contributed by atoms with Gasteiger partial charge in [-0.1, -0.05) is 0 Å². The number of aromatic nitrogens is 2. The fourth-order valence-electron chi connectivity index (χ4n) is 2.88. The minimum atomic E-state index is 0.586. The summed E-state index contributed by atoms with van der Waals surface area (Å²) in [5, 5.41) is 3.38. The van der Waals surface area contributed by atoms with Crippen LogP contribution >= 0.6 is 15.9 Å². The van der Waals surface area contributed by atoms with Gasteiger partial charge in [0, 0.05) is 25.6 Å². The van der Waals surface area contributed by atoms with E-state index in [9.17, 15) is 0 Å². The summed E-state index contributed by atoms with van der Waals surface area (Å²) in [6.45, 7) is 4.49. The van der Waals surface area contributed by atoms with Gasteiger partial charge in [-0.05, 0) is 48.8 Å². The van der Waals surface area contributed by atoms with Gasteiger partial charge in [0.1, 0.15) is 4.60 Å². The largest absolute Gasteiger partial charge is 0.356 e. The lowest BCUT2D eigenvalue weighted by Gasteiger charge is -2.28.